The summed E-state index contributed by atoms with van der Waals surface area (Å²) in [6.45, 7) is 1.32. The third kappa shape index (κ3) is 4.61. The predicted molar refractivity (Wildman–Crippen MR) is 82.3 cm³/mol. The maximum Gasteiger partial charge on any atom is 0.0929 e. The molecule has 0 aliphatic heterocycles. The maximum absolute atomic E-state index is 10.2. The number of benzene rings is 1. The van der Waals surface area contributed by atoms with Crippen molar-refractivity contribution in [3.63, 3.8) is 0 Å². The van der Waals surface area contributed by atoms with Crippen LogP contribution in [0.1, 0.15) is 37.4 Å². The largest absolute Gasteiger partial charge is 0.393 e. The summed E-state index contributed by atoms with van der Waals surface area (Å²) in [5.74, 6) is 0.584. The summed E-state index contributed by atoms with van der Waals surface area (Å²) < 4.78 is 0. The summed E-state index contributed by atoms with van der Waals surface area (Å²) in [5, 5.41) is 24.0. The lowest BCUT2D eigenvalue weighted by Crippen LogP contribution is -2.30. The average Bonchev–Trinajstić information content (AvgIpc) is 2.43. The van der Waals surface area contributed by atoms with Gasteiger partial charge in [-0.2, -0.15) is 0 Å². The molecule has 2 rings (SSSR count). The van der Waals surface area contributed by atoms with Crippen molar-refractivity contribution in [2.75, 3.05) is 13.1 Å². The van der Waals surface area contributed by atoms with E-state index in [1.165, 1.54) is 0 Å². The lowest BCUT2D eigenvalue weighted by atomic mass is 9.87. The van der Waals surface area contributed by atoms with Crippen LogP contribution in [-0.2, 0) is 0 Å². The molecular weight excluding hydrogens is 297 g/mol. The minimum Gasteiger partial charge on any atom is -0.393 e. The Morgan fingerprint density at radius 2 is 1.90 bits per heavy atom. The molecule has 20 heavy (non-hydrogen) atoms. The van der Waals surface area contributed by atoms with Crippen LogP contribution in [0, 0.1) is 5.92 Å². The zero-order chi connectivity index (χ0) is 14.5. The molecule has 1 aliphatic rings. The van der Waals surface area contributed by atoms with Gasteiger partial charge in [-0.15, -0.1) is 0 Å². The molecule has 1 aromatic carbocycles. The van der Waals surface area contributed by atoms with E-state index >= 15 is 0 Å². The Labute approximate surface area is 129 Å². The molecule has 1 saturated carbocycles. The molecule has 1 aromatic rings. The molecular formula is C15H21Cl2NO2. The number of rotatable bonds is 5. The molecule has 1 atom stereocenters. The first kappa shape index (κ1) is 16.1. The highest BCUT2D eigenvalue weighted by Gasteiger charge is 2.19. The van der Waals surface area contributed by atoms with Gasteiger partial charge in [0.1, 0.15) is 0 Å². The normalized spacial score (nSPS) is 24.6. The Bertz CT molecular complexity index is 434. The lowest BCUT2D eigenvalue weighted by molar-refractivity contribution is 0.106. The van der Waals surface area contributed by atoms with Crippen molar-refractivity contribution < 1.29 is 10.2 Å². The molecule has 0 spiro atoms. The van der Waals surface area contributed by atoms with E-state index in [4.69, 9.17) is 23.2 Å². The zero-order valence-electron chi connectivity index (χ0n) is 11.4. The third-order valence-corrected chi connectivity index (χ3v) is 4.48. The molecule has 5 heteroatoms. The Hall–Kier alpha value is -0.320. The highest BCUT2D eigenvalue weighted by molar-refractivity contribution is 6.33. The third-order valence-electron chi connectivity index (χ3n) is 3.90. The number of hydrogen-bond donors (Lipinski definition) is 3. The van der Waals surface area contributed by atoms with Gasteiger partial charge in [0.15, 0.2) is 0 Å². The van der Waals surface area contributed by atoms with Gasteiger partial charge in [-0.1, -0.05) is 23.2 Å². The SMILES string of the molecule is OC1CCC(CNCC(O)c2cc(Cl)ccc2Cl)CC1. The first-order valence-corrected chi connectivity index (χ1v) is 7.83. The second-order valence-corrected chi connectivity index (χ2v) is 6.36. The summed E-state index contributed by atoms with van der Waals surface area (Å²) in [4.78, 5) is 0. The fourth-order valence-corrected chi connectivity index (χ4v) is 3.08. The van der Waals surface area contributed by atoms with Crippen LogP contribution in [0.2, 0.25) is 10.0 Å². The number of aliphatic hydroxyl groups excluding tert-OH is 2. The molecule has 1 aliphatic carbocycles. The molecule has 0 heterocycles. The average molecular weight is 318 g/mol. The fraction of sp³-hybridized carbons (Fsp3) is 0.600. The standard InChI is InChI=1S/C15H21Cl2NO2/c16-11-3-6-14(17)13(7-11)15(20)9-18-8-10-1-4-12(19)5-2-10/h3,6-7,10,12,15,18-20H,1-2,4-5,8-9H2. The first-order valence-electron chi connectivity index (χ1n) is 7.08. The summed E-state index contributed by atoms with van der Waals surface area (Å²) in [7, 11) is 0. The van der Waals surface area contributed by atoms with Crippen LogP contribution < -0.4 is 5.32 Å². The van der Waals surface area contributed by atoms with Crippen molar-refractivity contribution in [2.45, 2.75) is 37.9 Å². The van der Waals surface area contributed by atoms with Gasteiger partial charge in [-0.3, -0.25) is 0 Å². The van der Waals surface area contributed by atoms with Gasteiger partial charge in [0.05, 0.1) is 12.2 Å². The summed E-state index contributed by atoms with van der Waals surface area (Å²) in [6.07, 6.45) is 3.08. The Balaban J connectivity index is 1.77. The minimum absolute atomic E-state index is 0.123. The van der Waals surface area contributed by atoms with Crippen LogP contribution in [-0.4, -0.2) is 29.4 Å². The molecule has 0 amide bonds. The van der Waals surface area contributed by atoms with Gasteiger partial charge >= 0.3 is 0 Å². The molecule has 0 aromatic heterocycles. The molecule has 3 N–H and O–H groups in total. The van der Waals surface area contributed by atoms with Crippen molar-refractivity contribution in [1.29, 1.82) is 0 Å². The highest BCUT2D eigenvalue weighted by Crippen LogP contribution is 2.26. The van der Waals surface area contributed by atoms with Gasteiger partial charge in [0, 0.05) is 22.2 Å². The molecule has 3 nitrogen and oxygen atoms in total. The van der Waals surface area contributed by atoms with Crippen molar-refractivity contribution in [2.24, 2.45) is 5.92 Å². The molecule has 0 bridgehead atoms. The van der Waals surface area contributed by atoms with Crippen LogP contribution in [0.3, 0.4) is 0 Å². The molecule has 0 radical (unpaired) electrons. The molecule has 1 unspecified atom stereocenters. The summed E-state index contributed by atoms with van der Waals surface area (Å²) in [6, 6.07) is 5.11. The van der Waals surface area contributed by atoms with E-state index in [1.807, 2.05) is 0 Å². The van der Waals surface area contributed by atoms with Crippen LogP contribution in [0.25, 0.3) is 0 Å². The zero-order valence-corrected chi connectivity index (χ0v) is 12.9. The van der Waals surface area contributed by atoms with Crippen molar-refractivity contribution in [3.05, 3.63) is 33.8 Å². The van der Waals surface area contributed by atoms with Crippen LogP contribution >= 0.6 is 23.2 Å². The summed E-state index contributed by atoms with van der Waals surface area (Å²) >= 11 is 12.0. The second kappa shape index (κ2) is 7.62. The van der Waals surface area contributed by atoms with E-state index in [1.54, 1.807) is 18.2 Å². The lowest BCUT2D eigenvalue weighted by Gasteiger charge is -2.26. The monoisotopic (exact) mass is 317 g/mol. The number of aliphatic hydroxyl groups is 2. The molecule has 112 valence electrons. The van der Waals surface area contributed by atoms with Crippen molar-refractivity contribution in [3.8, 4) is 0 Å². The Morgan fingerprint density at radius 3 is 2.60 bits per heavy atom. The van der Waals surface area contributed by atoms with Gasteiger partial charge in [0.2, 0.25) is 0 Å². The first-order chi connectivity index (χ1) is 9.56. The van der Waals surface area contributed by atoms with E-state index < -0.39 is 6.10 Å². The van der Waals surface area contributed by atoms with Gasteiger partial charge < -0.3 is 15.5 Å². The number of hydrogen-bond acceptors (Lipinski definition) is 3. The topological polar surface area (TPSA) is 52.5 Å². The number of nitrogens with one attached hydrogen (secondary N) is 1. The van der Waals surface area contributed by atoms with Crippen LogP contribution in [0.15, 0.2) is 18.2 Å². The Morgan fingerprint density at radius 1 is 1.20 bits per heavy atom. The van der Waals surface area contributed by atoms with Crippen molar-refractivity contribution in [1.82, 2.24) is 5.32 Å². The van der Waals surface area contributed by atoms with E-state index in [2.05, 4.69) is 5.32 Å². The smallest absolute Gasteiger partial charge is 0.0929 e. The van der Waals surface area contributed by atoms with E-state index in [0.29, 0.717) is 28.1 Å². The predicted octanol–water partition coefficient (Wildman–Crippen LogP) is 3.17. The van der Waals surface area contributed by atoms with E-state index in [9.17, 15) is 10.2 Å². The summed E-state index contributed by atoms with van der Waals surface area (Å²) in [5.41, 5.74) is 0.658. The number of halogens is 2. The molecule has 0 saturated heterocycles. The van der Waals surface area contributed by atoms with Gasteiger partial charge in [-0.25, -0.2) is 0 Å². The molecule has 1 fully saturated rings. The van der Waals surface area contributed by atoms with Crippen molar-refractivity contribution >= 4 is 23.2 Å². The fourth-order valence-electron chi connectivity index (χ4n) is 2.65. The van der Waals surface area contributed by atoms with Gasteiger partial charge in [-0.05, 0) is 56.3 Å². The minimum atomic E-state index is -0.657. The van der Waals surface area contributed by atoms with Crippen LogP contribution in [0.5, 0.6) is 0 Å². The Kier molecular flexibility index (Phi) is 6.12. The maximum atomic E-state index is 10.2. The van der Waals surface area contributed by atoms with Crippen LogP contribution in [0.4, 0.5) is 0 Å². The quantitative estimate of drug-likeness (QED) is 0.782. The second-order valence-electron chi connectivity index (χ2n) is 5.51. The van der Waals surface area contributed by atoms with Gasteiger partial charge in [0.25, 0.3) is 0 Å². The van der Waals surface area contributed by atoms with E-state index in [0.717, 1.165) is 32.2 Å². The van der Waals surface area contributed by atoms with E-state index in [-0.39, 0.29) is 6.10 Å². The highest BCUT2D eigenvalue weighted by atomic mass is 35.5.